The Hall–Kier alpha value is -2.28. The van der Waals surface area contributed by atoms with Crippen molar-refractivity contribution in [3.05, 3.63) is 40.2 Å². The lowest BCUT2D eigenvalue weighted by Crippen LogP contribution is -2.47. The Balaban J connectivity index is 1.74. The number of anilines is 1. The average Bonchev–Trinajstić information content (AvgIpc) is 2.53. The maximum atomic E-state index is 12.3. The van der Waals surface area contributed by atoms with Crippen LogP contribution < -0.4 is 10.5 Å². The zero-order valence-corrected chi connectivity index (χ0v) is 13.4. The van der Waals surface area contributed by atoms with Gasteiger partial charge in [0.1, 0.15) is 11.6 Å². The van der Waals surface area contributed by atoms with Gasteiger partial charge in [-0.2, -0.15) is 5.26 Å². The van der Waals surface area contributed by atoms with E-state index in [9.17, 15) is 10.1 Å². The Bertz CT molecular complexity index is 845. The minimum absolute atomic E-state index is 0.252. The normalized spacial score (nSPS) is 20.4. The van der Waals surface area contributed by atoms with Crippen molar-refractivity contribution in [2.75, 3.05) is 18.0 Å². The largest absolute Gasteiger partial charge is 0.370 e. The molecule has 0 atom stereocenters. The van der Waals surface area contributed by atoms with Crippen LogP contribution in [0.15, 0.2) is 29.1 Å². The fraction of sp³-hybridized carbons (Fsp3) is 0.474. The molecule has 1 aromatic carbocycles. The zero-order valence-electron chi connectivity index (χ0n) is 13.4. The van der Waals surface area contributed by atoms with E-state index in [0.717, 1.165) is 35.6 Å². The Morgan fingerprint density at radius 1 is 1.26 bits per heavy atom. The Morgan fingerprint density at radius 2 is 1.96 bits per heavy atom. The standard InChI is InChI=1S/C19H21N3O/c1-13-10-19(11-13)6-8-22(9-7-19)17-14-4-2-3-5-16(14)21-18(23)15(17)12-20/h2-5,13H,6-11H2,1H3,(H,21,23). The first-order valence-electron chi connectivity index (χ1n) is 8.42. The number of hydrogen-bond acceptors (Lipinski definition) is 3. The summed E-state index contributed by atoms with van der Waals surface area (Å²) in [5, 5.41) is 10.5. The fourth-order valence-electron chi connectivity index (χ4n) is 4.69. The van der Waals surface area contributed by atoms with E-state index in [-0.39, 0.29) is 11.1 Å². The van der Waals surface area contributed by atoms with Crippen molar-refractivity contribution in [1.82, 2.24) is 4.98 Å². The summed E-state index contributed by atoms with van der Waals surface area (Å²) < 4.78 is 0. The van der Waals surface area contributed by atoms with Gasteiger partial charge in [-0.05, 0) is 43.1 Å². The number of aromatic amines is 1. The van der Waals surface area contributed by atoms with E-state index in [1.807, 2.05) is 24.3 Å². The highest BCUT2D eigenvalue weighted by atomic mass is 16.1. The van der Waals surface area contributed by atoms with Crippen LogP contribution in [0.1, 0.15) is 38.2 Å². The Labute approximate surface area is 135 Å². The molecule has 0 unspecified atom stereocenters. The van der Waals surface area contributed by atoms with Gasteiger partial charge >= 0.3 is 0 Å². The fourth-order valence-corrected chi connectivity index (χ4v) is 4.69. The van der Waals surface area contributed by atoms with E-state index in [1.54, 1.807) is 0 Å². The predicted octanol–water partition coefficient (Wildman–Crippen LogP) is 3.42. The molecule has 1 spiro atoms. The minimum Gasteiger partial charge on any atom is -0.370 e. The molecule has 1 aromatic heterocycles. The number of nitriles is 1. The molecule has 2 fully saturated rings. The molecule has 2 heterocycles. The number of rotatable bonds is 1. The van der Waals surface area contributed by atoms with Crippen molar-refractivity contribution in [1.29, 1.82) is 5.26 Å². The topological polar surface area (TPSA) is 59.9 Å². The molecule has 118 valence electrons. The minimum atomic E-state index is -0.279. The first-order chi connectivity index (χ1) is 11.1. The van der Waals surface area contributed by atoms with Crippen LogP contribution in [0.4, 0.5) is 5.69 Å². The van der Waals surface area contributed by atoms with Crippen molar-refractivity contribution in [2.45, 2.75) is 32.6 Å². The molecule has 0 radical (unpaired) electrons. The van der Waals surface area contributed by atoms with E-state index in [4.69, 9.17) is 0 Å². The number of pyridine rings is 1. The van der Waals surface area contributed by atoms with Gasteiger partial charge in [0, 0.05) is 18.5 Å². The summed E-state index contributed by atoms with van der Waals surface area (Å²) in [5.74, 6) is 0.858. The molecule has 0 bridgehead atoms. The number of nitrogens with one attached hydrogen (secondary N) is 1. The second-order valence-electron chi connectivity index (χ2n) is 7.34. The number of H-pyrrole nitrogens is 1. The summed E-state index contributed by atoms with van der Waals surface area (Å²) in [5.41, 5.74) is 2.14. The lowest BCUT2D eigenvalue weighted by Gasteiger charge is -2.52. The van der Waals surface area contributed by atoms with E-state index < -0.39 is 0 Å². The molecule has 4 rings (SSSR count). The summed E-state index contributed by atoms with van der Waals surface area (Å²) in [6.07, 6.45) is 5.01. The summed E-state index contributed by atoms with van der Waals surface area (Å²) in [4.78, 5) is 17.3. The number of nitrogens with zero attached hydrogens (tertiary/aromatic N) is 2. The number of benzene rings is 1. The third kappa shape index (κ3) is 2.23. The predicted molar refractivity (Wildman–Crippen MR) is 91.6 cm³/mol. The maximum Gasteiger partial charge on any atom is 0.268 e. The molecule has 1 aliphatic heterocycles. The second kappa shape index (κ2) is 5.13. The van der Waals surface area contributed by atoms with Crippen molar-refractivity contribution >= 4 is 16.6 Å². The van der Waals surface area contributed by atoms with Crippen LogP contribution in [-0.2, 0) is 0 Å². The molecule has 1 aliphatic carbocycles. The zero-order chi connectivity index (χ0) is 16.0. The van der Waals surface area contributed by atoms with Crippen LogP contribution in [-0.4, -0.2) is 18.1 Å². The van der Waals surface area contributed by atoms with E-state index >= 15 is 0 Å². The van der Waals surface area contributed by atoms with E-state index in [1.165, 1.54) is 25.7 Å². The quantitative estimate of drug-likeness (QED) is 0.878. The van der Waals surface area contributed by atoms with Crippen LogP contribution in [0.25, 0.3) is 10.9 Å². The van der Waals surface area contributed by atoms with Crippen molar-refractivity contribution in [3.8, 4) is 6.07 Å². The molecule has 4 heteroatoms. The number of aromatic nitrogens is 1. The van der Waals surface area contributed by atoms with Gasteiger partial charge in [-0.15, -0.1) is 0 Å². The number of hydrogen-bond donors (Lipinski definition) is 1. The molecule has 2 aliphatic rings. The van der Waals surface area contributed by atoms with Crippen LogP contribution in [0, 0.1) is 22.7 Å². The molecule has 23 heavy (non-hydrogen) atoms. The van der Waals surface area contributed by atoms with Crippen LogP contribution in [0.2, 0.25) is 0 Å². The highest BCUT2D eigenvalue weighted by Gasteiger charge is 2.44. The first-order valence-corrected chi connectivity index (χ1v) is 8.42. The summed E-state index contributed by atoms with van der Waals surface area (Å²) in [7, 11) is 0. The average molecular weight is 307 g/mol. The van der Waals surface area contributed by atoms with Gasteiger partial charge in [0.2, 0.25) is 0 Å². The van der Waals surface area contributed by atoms with Gasteiger partial charge in [-0.3, -0.25) is 4.79 Å². The molecular formula is C19H21N3O. The van der Waals surface area contributed by atoms with Gasteiger partial charge in [-0.1, -0.05) is 25.1 Å². The first kappa shape index (κ1) is 14.3. The molecule has 1 saturated heterocycles. The van der Waals surface area contributed by atoms with Crippen LogP contribution in [0.3, 0.4) is 0 Å². The summed E-state index contributed by atoms with van der Waals surface area (Å²) in [6.45, 7) is 4.21. The molecule has 2 aromatic rings. The highest BCUT2D eigenvalue weighted by molar-refractivity contribution is 5.94. The second-order valence-corrected chi connectivity index (χ2v) is 7.34. The Kier molecular flexibility index (Phi) is 3.19. The number of piperidine rings is 1. The highest BCUT2D eigenvalue weighted by Crippen LogP contribution is 2.52. The molecule has 1 saturated carbocycles. The molecule has 1 N–H and O–H groups in total. The van der Waals surface area contributed by atoms with Crippen molar-refractivity contribution < 1.29 is 0 Å². The van der Waals surface area contributed by atoms with Gasteiger partial charge in [0.25, 0.3) is 5.56 Å². The molecule has 4 nitrogen and oxygen atoms in total. The lowest BCUT2D eigenvalue weighted by atomic mass is 9.58. The smallest absolute Gasteiger partial charge is 0.268 e. The van der Waals surface area contributed by atoms with E-state index in [0.29, 0.717) is 5.41 Å². The van der Waals surface area contributed by atoms with Crippen molar-refractivity contribution in [2.24, 2.45) is 11.3 Å². The Morgan fingerprint density at radius 3 is 2.61 bits per heavy atom. The van der Waals surface area contributed by atoms with Gasteiger partial charge < -0.3 is 9.88 Å². The third-order valence-electron chi connectivity index (χ3n) is 5.71. The SMILES string of the molecule is CC1CC2(CCN(c3c(C#N)c(=O)[nH]c4ccccc34)CC2)C1. The molecular weight excluding hydrogens is 286 g/mol. The lowest BCUT2D eigenvalue weighted by molar-refractivity contribution is 0.0382. The number of para-hydroxylation sites is 1. The summed E-state index contributed by atoms with van der Waals surface area (Å²) in [6, 6.07) is 9.90. The third-order valence-corrected chi connectivity index (χ3v) is 5.71. The maximum absolute atomic E-state index is 12.3. The van der Waals surface area contributed by atoms with Crippen LogP contribution >= 0.6 is 0 Å². The van der Waals surface area contributed by atoms with Gasteiger partial charge in [0.15, 0.2) is 0 Å². The van der Waals surface area contributed by atoms with Crippen LogP contribution in [0.5, 0.6) is 0 Å². The van der Waals surface area contributed by atoms with Gasteiger partial charge in [0.05, 0.1) is 11.2 Å². The molecule has 0 amide bonds. The van der Waals surface area contributed by atoms with E-state index in [2.05, 4.69) is 22.9 Å². The number of fused-ring (bicyclic) bond motifs is 1. The van der Waals surface area contributed by atoms with Crippen molar-refractivity contribution in [3.63, 3.8) is 0 Å². The monoisotopic (exact) mass is 307 g/mol. The van der Waals surface area contributed by atoms with Gasteiger partial charge in [-0.25, -0.2) is 0 Å². The summed E-state index contributed by atoms with van der Waals surface area (Å²) >= 11 is 0.